The fraction of sp³-hybridized carbons (Fsp3) is 0.333. The van der Waals surface area contributed by atoms with Crippen molar-refractivity contribution in [1.82, 2.24) is 9.88 Å². The van der Waals surface area contributed by atoms with Crippen LogP contribution < -0.4 is 11.1 Å². The van der Waals surface area contributed by atoms with Gasteiger partial charge in [-0.2, -0.15) is 0 Å². The van der Waals surface area contributed by atoms with Crippen molar-refractivity contribution in [3.05, 3.63) is 35.5 Å². The van der Waals surface area contributed by atoms with Crippen molar-refractivity contribution in [2.24, 2.45) is 12.8 Å². The van der Waals surface area contributed by atoms with Crippen LogP contribution in [0.2, 0.25) is 0 Å². The molecule has 0 bridgehead atoms. The van der Waals surface area contributed by atoms with Crippen LogP contribution in [0.3, 0.4) is 0 Å². The van der Waals surface area contributed by atoms with Crippen molar-refractivity contribution in [2.45, 2.75) is 13.1 Å². The van der Waals surface area contributed by atoms with Gasteiger partial charge < -0.3 is 15.6 Å². The summed E-state index contributed by atoms with van der Waals surface area (Å²) in [6.07, 6.45) is 0. The van der Waals surface area contributed by atoms with Crippen LogP contribution in [0.5, 0.6) is 0 Å². The first-order valence-electron chi connectivity index (χ1n) is 5.18. The zero-order valence-corrected chi connectivity index (χ0v) is 9.25. The first kappa shape index (κ1) is 10.2. The Morgan fingerprint density at radius 1 is 1.40 bits per heavy atom. The van der Waals surface area contributed by atoms with E-state index in [1.165, 1.54) is 22.2 Å². The molecule has 2 aromatic rings. The molecule has 0 unspecified atom stereocenters. The third-order valence-corrected chi connectivity index (χ3v) is 2.85. The molecule has 1 aromatic heterocycles. The maximum absolute atomic E-state index is 5.72. The highest BCUT2D eigenvalue weighted by molar-refractivity contribution is 5.84. The Bertz CT molecular complexity index is 471. The summed E-state index contributed by atoms with van der Waals surface area (Å²) < 4.78 is 2.21. The van der Waals surface area contributed by atoms with Gasteiger partial charge in [0, 0.05) is 36.7 Å². The Morgan fingerprint density at radius 2 is 2.20 bits per heavy atom. The Kier molecular flexibility index (Phi) is 2.75. The molecule has 0 radical (unpaired) electrons. The highest BCUT2D eigenvalue weighted by Crippen LogP contribution is 2.22. The first-order valence-corrected chi connectivity index (χ1v) is 5.18. The summed E-state index contributed by atoms with van der Waals surface area (Å²) in [6, 6.07) is 8.50. The molecule has 0 fully saturated rings. The fourth-order valence-corrected chi connectivity index (χ4v) is 2.01. The minimum atomic E-state index is 0.598. The van der Waals surface area contributed by atoms with E-state index in [4.69, 9.17) is 5.73 Å². The van der Waals surface area contributed by atoms with Crippen LogP contribution in [0.1, 0.15) is 11.3 Å². The summed E-state index contributed by atoms with van der Waals surface area (Å²) in [5.41, 5.74) is 9.48. The summed E-state index contributed by atoms with van der Waals surface area (Å²) in [6.45, 7) is 1.48. The average molecular weight is 203 g/mol. The summed E-state index contributed by atoms with van der Waals surface area (Å²) in [5, 5.41) is 4.44. The van der Waals surface area contributed by atoms with E-state index < -0.39 is 0 Å². The maximum atomic E-state index is 5.72. The van der Waals surface area contributed by atoms with Gasteiger partial charge in [-0.15, -0.1) is 0 Å². The van der Waals surface area contributed by atoms with Gasteiger partial charge in [-0.25, -0.2) is 0 Å². The van der Waals surface area contributed by atoms with Gasteiger partial charge in [0.15, 0.2) is 0 Å². The molecule has 0 saturated carbocycles. The summed E-state index contributed by atoms with van der Waals surface area (Å²) >= 11 is 0. The molecule has 3 N–H and O–H groups in total. The van der Waals surface area contributed by atoms with E-state index in [9.17, 15) is 0 Å². The van der Waals surface area contributed by atoms with Gasteiger partial charge in [-0.05, 0) is 24.7 Å². The second-order valence-corrected chi connectivity index (χ2v) is 3.78. The van der Waals surface area contributed by atoms with E-state index in [0.717, 1.165) is 6.54 Å². The van der Waals surface area contributed by atoms with Crippen molar-refractivity contribution in [2.75, 3.05) is 7.05 Å². The second-order valence-electron chi connectivity index (χ2n) is 3.78. The summed E-state index contributed by atoms with van der Waals surface area (Å²) in [4.78, 5) is 0. The van der Waals surface area contributed by atoms with Gasteiger partial charge in [-0.3, -0.25) is 0 Å². The highest BCUT2D eigenvalue weighted by Gasteiger charge is 2.07. The number of hydrogen-bond donors (Lipinski definition) is 2. The van der Waals surface area contributed by atoms with Gasteiger partial charge in [0.05, 0.1) is 0 Å². The van der Waals surface area contributed by atoms with Crippen molar-refractivity contribution in [3.63, 3.8) is 0 Å². The van der Waals surface area contributed by atoms with Crippen LogP contribution in [0, 0.1) is 0 Å². The minimum absolute atomic E-state index is 0.598. The molecule has 1 aromatic carbocycles. The Balaban J connectivity index is 2.64. The maximum Gasteiger partial charge on any atom is 0.0483 e. The number of fused-ring (bicyclic) bond motifs is 1. The number of nitrogens with one attached hydrogen (secondary N) is 1. The number of aryl methyl sites for hydroxylation is 1. The van der Waals surface area contributed by atoms with Crippen LogP contribution in [-0.2, 0) is 20.1 Å². The Morgan fingerprint density at radius 3 is 2.87 bits per heavy atom. The van der Waals surface area contributed by atoms with Crippen LogP contribution in [0.25, 0.3) is 10.9 Å². The highest BCUT2D eigenvalue weighted by atomic mass is 15.0. The largest absolute Gasteiger partial charge is 0.346 e. The number of nitrogens with two attached hydrogens (primary N) is 1. The third kappa shape index (κ3) is 1.64. The predicted octanol–water partition coefficient (Wildman–Crippen LogP) is 1.36. The normalized spacial score (nSPS) is 11.1. The fourth-order valence-electron chi connectivity index (χ4n) is 2.01. The van der Waals surface area contributed by atoms with Crippen molar-refractivity contribution < 1.29 is 0 Å². The zero-order valence-electron chi connectivity index (χ0n) is 9.25. The van der Waals surface area contributed by atoms with E-state index in [1.54, 1.807) is 0 Å². The molecule has 80 valence electrons. The third-order valence-electron chi connectivity index (χ3n) is 2.85. The predicted molar refractivity (Wildman–Crippen MR) is 63.6 cm³/mol. The quantitative estimate of drug-likeness (QED) is 0.791. The standard InChI is InChI=1S/C12H17N3/c1-14-8-10-6-11-9(7-13)4-3-5-12(11)15(10)2/h3-6,14H,7-8,13H2,1-2H3. The molecule has 1 heterocycles. The van der Waals surface area contributed by atoms with E-state index in [1.807, 2.05) is 7.05 Å². The summed E-state index contributed by atoms with van der Waals surface area (Å²) in [7, 11) is 4.05. The van der Waals surface area contributed by atoms with Crippen LogP contribution >= 0.6 is 0 Å². The molecule has 0 atom stereocenters. The SMILES string of the molecule is CNCc1cc2c(CN)cccc2n1C. The van der Waals surface area contributed by atoms with E-state index in [0.29, 0.717) is 6.54 Å². The lowest BCUT2D eigenvalue weighted by molar-refractivity contribution is 0.745. The molecule has 0 aliphatic heterocycles. The van der Waals surface area contributed by atoms with Crippen LogP contribution in [0.15, 0.2) is 24.3 Å². The van der Waals surface area contributed by atoms with Crippen LogP contribution in [-0.4, -0.2) is 11.6 Å². The number of hydrogen-bond acceptors (Lipinski definition) is 2. The number of aromatic nitrogens is 1. The second kappa shape index (κ2) is 4.04. The Hall–Kier alpha value is -1.32. The molecule has 0 spiro atoms. The molecule has 0 aliphatic carbocycles. The van der Waals surface area contributed by atoms with Crippen molar-refractivity contribution in [1.29, 1.82) is 0 Å². The zero-order chi connectivity index (χ0) is 10.8. The smallest absolute Gasteiger partial charge is 0.0483 e. The lowest BCUT2D eigenvalue weighted by Gasteiger charge is -2.03. The van der Waals surface area contributed by atoms with Crippen molar-refractivity contribution in [3.8, 4) is 0 Å². The topological polar surface area (TPSA) is 43.0 Å². The molecule has 15 heavy (non-hydrogen) atoms. The van der Waals surface area contributed by atoms with Gasteiger partial charge in [0.25, 0.3) is 0 Å². The Labute approximate surface area is 89.9 Å². The van der Waals surface area contributed by atoms with Gasteiger partial charge in [-0.1, -0.05) is 12.1 Å². The van der Waals surface area contributed by atoms with Crippen LogP contribution in [0.4, 0.5) is 0 Å². The molecular weight excluding hydrogens is 186 g/mol. The molecular formula is C12H17N3. The molecule has 3 heteroatoms. The van der Waals surface area contributed by atoms with E-state index in [-0.39, 0.29) is 0 Å². The molecule has 0 saturated heterocycles. The number of nitrogens with zero attached hydrogens (tertiary/aromatic N) is 1. The monoisotopic (exact) mass is 203 g/mol. The average Bonchev–Trinajstić information content (AvgIpc) is 2.57. The minimum Gasteiger partial charge on any atom is -0.346 e. The molecule has 2 rings (SSSR count). The lowest BCUT2D eigenvalue weighted by Crippen LogP contribution is -2.08. The molecule has 0 aliphatic rings. The molecule has 3 nitrogen and oxygen atoms in total. The lowest BCUT2D eigenvalue weighted by atomic mass is 10.1. The van der Waals surface area contributed by atoms with Gasteiger partial charge in [0.1, 0.15) is 0 Å². The van der Waals surface area contributed by atoms with E-state index in [2.05, 4.69) is 41.2 Å². The number of rotatable bonds is 3. The van der Waals surface area contributed by atoms with Crippen molar-refractivity contribution >= 4 is 10.9 Å². The van der Waals surface area contributed by atoms with Gasteiger partial charge in [0.2, 0.25) is 0 Å². The first-order chi connectivity index (χ1) is 7.27. The van der Waals surface area contributed by atoms with E-state index >= 15 is 0 Å². The molecule has 0 amide bonds. The van der Waals surface area contributed by atoms with Gasteiger partial charge >= 0.3 is 0 Å². The summed E-state index contributed by atoms with van der Waals surface area (Å²) in [5.74, 6) is 0. The number of benzene rings is 1.